The fourth-order valence-corrected chi connectivity index (χ4v) is 19.1. The van der Waals surface area contributed by atoms with Crippen molar-refractivity contribution in [1.82, 2.24) is 59.2 Å². The lowest BCUT2D eigenvalue weighted by Crippen LogP contribution is -2.47. The fourth-order valence-electron chi connectivity index (χ4n) is 18.4. The molecule has 8 unspecified atom stereocenters. The zero-order valence-electron chi connectivity index (χ0n) is 70.0. The van der Waals surface area contributed by atoms with Gasteiger partial charge in [-0.3, -0.25) is 4.90 Å². The van der Waals surface area contributed by atoms with Crippen molar-refractivity contribution in [2.45, 2.75) is 138 Å². The van der Waals surface area contributed by atoms with Crippen molar-refractivity contribution in [2.24, 2.45) is 0 Å². The topological polar surface area (TPSA) is 248 Å². The van der Waals surface area contributed by atoms with Crippen LogP contribution in [0.4, 0.5) is 0 Å². The summed E-state index contributed by atoms with van der Waals surface area (Å²) in [4.78, 5) is 25.2. The van der Waals surface area contributed by atoms with Crippen LogP contribution < -0.4 is 18.9 Å². The van der Waals surface area contributed by atoms with Crippen molar-refractivity contribution >= 4 is 90.0 Å². The number of hydrogen-bond acceptors (Lipinski definition) is 15. The number of ether oxygens (including phenoxy) is 5. The number of H-pyrrole nitrogens is 4. The Morgan fingerprint density at radius 1 is 0.431 bits per heavy atom. The average molecular weight is 1740 g/mol. The molecule has 7 heterocycles. The molecule has 123 heavy (non-hydrogen) atoms. The molecule has 19 rings (SSSR count). The minimum absolute atomic E-state index is 0.204. The van der Waals surface area contributed by atoms with E-state index < -0.39 is 24.4 Å². The molecule has 25 heteroatoms. The third kappa shape index (κ3) is 21.8. The Morgan fingerprint density at radius 2 is 0.780 bits per heavy atom. The summed E-state index contributed by atoms with van der Waals surface area (Å²) in [6, 6.07) is 57.5. The van der Waals surface area contributed by atoms with Crippen molar-refractivity contribution in [3.05, 3.63) is 288 Å². The van der Waals surface area contributed by atoms with Gasteiger partial charge in [-0.05, 0) is 257 Å². The number of aliphatic hydroxyl groups is 4. The molecule has 1 aliphatic heterocycles. The second kappa shape index (κ2) is 41.0. The van der Waals surface area contributed by atoms with E-state index in [1.165, 1.54) is 101 Å². The summed E-state index contributed by atoms with van der Waals surface area (Å²) in [5.74, 6) is 4.50. The summed E-state index contributed by atoms with van der Waals surface area (Å²) >= 11 is 24.9. The van der Waals surface area contributed by atoms with Crippen molar-refractivity contribution in [3.8, 4) is 23.0 Å². The number of aryl methyl sites for hydroxylation is 4. The smallest absolute Gasteiger partial charge is 0.119 e. The molecule has 0 spiro atoms. The van der Waals surface area contributed by atoms with Crippen LogP contribution in [0.25, 0.3) is 43.6 Å². The monoisotopic (exact) mass is 1740 g/mol. The van der Waals surface area contributed by atoms with Gasteiger partial charge < -0.3 is 78.4 Å². The largest absolute Gasteiger partial charge is 0.491 e. The first-order chi connectivity index (χ1) is 59.9. The van der Waals surface area contributed by atoms with Crippen molar-refractivity contribution in [1.29, 1.82) is 0 Å². The first kappa shape index (κ1) is 86.8. The predicted octanol–water partition coefficient (Wildman–Crippen LogP) is 18.1. The van der Waals surface area contributed by atoms with E-state index in [0.29, 0.717) is 63.1 Å². The van der Waals surface area contributed by atoms with Gasteiger partial charge in [0, 0.05) is 182 Å². The third-order valence-corrected chi connectivity index (χ3v) is 25.6. The first-order valence-electron chi connectivity index (χ1n) is 43.2. The molecule has 0 radical (unpaired) electrons. The first-order valence-corrected chi connectivity index (χ1v) is 44.7. The van der Waals surface area contributed by atoms with Crippen LogP contribution in [0, 0.1) is 0 Å². The number of rotatable bonds is 27. The number of aromatic amines is 4. The minimum Gasteiger partial charge on any atom is -0.491 e. The standard InChI is InChI=1S/C26H32ClN3O2.C25H31ClN2O3.C24H24ClN3O2.C23H23ClN4O2/c1-29-11-13-30(14-12-29)16-20(31)17-32-21-8-5-18(6-9-21)22-3-2-4-23-24-15-19(27)7-10-25(24)28-26(22)23;1-28(12-13-30-2)15-19(29)16-31-20-9-6-17(7-10-20)21-4-3-5-22-23-14-18(26)8-11-24(23)27-25(21)22;25-17-6-9-23-22(12-17)21-3-1-2-20(24(21)27-23)16-4-7-19(8-5-16)30-14-18(29)13-28-11-10-26-15-28;24-16-6-9-22-21(12-16)20-3-1-2-19(23(20)26-22)15-4-7-18(8-5-15)30-14-17(29)13-28-11-10-25-27-28/h5-10,15,20,22,28,31H,2-4,11-14,16-17H2,1H3;6-11,14,19,21,27,29H,3-5,12-13,15-16H2,1-2H3;4-12,15,18,20,27,29H,1-3,13-14H2;4-12,17,19,26,29H,1-3,13-14H2. The Bertz CT molecular complexity index is 5550. The number of likely N-dealkylation sites (N-methyl/N-ethyl adjacent to an activating group) is 2. The maximum absolute atomic E-state index is 10.4. The number of hydrogen-bond donors (Lipinski definition) is 8. The Kier molecular flexibility index (Phi) is 28.9. The van der Waals surface area contributed by atoms with Crippen LogP contribution >= 0.6 is 46.4 Å². The van der Waals surface area contributed by atoms with Gasteiger partial charge >= 0.3 is 0 Å². The zero-order valence-corrected chi connectivity index (χ0v) is 73.0. The second-order valence-electron chi connectivity index (χ2n) is 33.5. The van der Waals surface area contributed by atoms with E-state index in [2.05, 4.69) is 149 Å². The lowest BCUT2D eigenvalue weighted by atomic mass is 9.82. The zero-order chi connectivity index (χ0) is 84.9. The Morgan fingerprint density at radius 3 is 1.11 bits per heavy atom. The summed E-state index contributed by atoms with van der Waals surface area (Å²) in [7, 11) is 5.79. The van der Waals surface area contributed by atoms with E-state index in [4.69, 9.17) is 70.1 Å². The van der Waals surface area contributed by atoms with Gasteiger partial charge in [0.25, 0.3) is 0 Å². The lowest BCUT2D eigenvalue weighted by molar-refractivity contribution is 0.0505. The molecule has 0 bridgehead atoms. The maximum Gasteiger partial charge on any atom is 0.119 e. The van der Waals surface area contributed by atoms with Gasteiger partial charge in [0.2, 0.25) is 0 Å². The molecule has 1 saturated heterocycles. The summed E-state index contributed by atoms with van der Waals surface area (Å²) in [6.45, 7) is 8.64. The van der Waals surface area contributed by atoms with Gasteiger partial charge in [0.1, 0.15) is 73.8 Å². The number of nitrogens with one attached hydrogen (secondary N) is 4. The molecule has 14 aromatic rings. The number of methoxy groups -OCH3 is 1. The number of β-amino-alcohol motifs (C(OH)–C–C–N with tert-alkyl or cyclic N) is 1. The molecule has 1 fully saturated rings. The van der Waals surface area contributed by atoms with Crippen LogP contribution in [0.5, 0.6) is 23.0 Å². The van der Waals surface area contributed by atoms with Gasteiger partial charge in [0.15, 0.2) is 0 Å². The van der Waals surface area contributed by atoms with Gasteiger partial charge in [-0.2, -0.15) is 0 Å². The van der Waals surface area contributed by atoms with Gasteiger partial charge in [-0.15, -0.1) is 5.10 Å². The van der Waals surface area contributed by atoms with Crippen molar-refractivity contribution in [2.75, 3.05) is 100 Å². The number of halogens is 4. The number of benzene rings is 8. The van der Waals surface area contributed by atoms with Gasteiger partial charge in [0.05, 0.1) is 32.2 Å². The predicted molar refractivity (Wildman–Crippen MR) is 490 cm³/mol. The number of fused-ring (bicyclic) bond motifs is 12. The van der Waals surface area contributed by atoms with Gasteiger partial charge in [-0.25, -0.2) is 9.67 Å². The fraction of sp³-hybridized carbons (Fsp3) is 0.378. The molecule has 0 saturated carbocycles. The van der Waals surface area contributed by atoms with E-state index in [1.807, 2.05) is 95.5 Å². The van der Waals surface area contributed by atoms with Crippen LogP contribution in [0.3, 0.4) is 0 Å². The molecule has 8 aromatic carbocycles. The molecular weight excluding hydrogens is 1630 g/mol. The highest BCUT2D eigenvalue weighted by Gasteiger charge is 2.31. The quantitative estimate of drug-likeness (QED) is 0.0238. The highest BCUT2D eigenvalue weighted by atomic mass is 35.5. The number of nitrogens with zero attached hydrogens (tertiary/aromatic N) is 8. The van der Waals surface area contributed by atoms with Crippen molar-refractivity contribution < 1.29 is 44.1 Å². The minimum atomic E-state index is -0.648. The van der Waals surface area contributed by atoms with Crippen LogP contribution in [0.1, 0.15) is 142 Å². The normalized spacial score (nSPS) is 18.1. The van der Waals surface area contributed by atoms with E-state index in [1.54, 1.807) is 36.7 Å². The maximum atomic E-state index is 10.4. The van der Waals surface area contributed by atoms with Gasteiger partial charge in [-0.1, -0.05) is 100 Å². The molecule has 644 valence electrons. The van der Waals surface area contributed by atoms with Crippen LogP contribution in [0.2, 0.25) is 20.1 Å². The van der Waals surface area contributed by atoms with Crippen LogP contribution in [0.15, 0.2) is 201 Å². The summed E-state index contributed by atoms with van der Waals surface area (Å²) in [6.07, 6.45) is 19.8. The third-order valence-electron chi connectivity index (χ3n) is 24.7. The number of aliphatic hydroxyl groups excluding tert-OH is 4. The van der Waals surface area contributed by atoms with Crippen LogP contribution in [-0.4, -0.2) is 204 Å². The van der Waals surface area contributed by atoms with Crippen LogP contribution in [-0.2, 0) is 43.5 Å². The molecule has 4 aliphatic carbocycles. The SMILES string of the molecule is CN1CCN(CC(O)COc2ccc(C3CCCc4c3[nH]c3ccc(Cl)cc43)cc2)CC1.COCCN(C)CC(O)COc1ccc(C2CCCc3c2[nH]c2ccc(Cl)cc32)cc1.OC(COc1ccc(C2CCCc3c2[nH]c2ccc(Cl)cc32)cc1)Cn1ccnc1.OC(COc1ccc(C2CCCc3c2[nH]c2ccc(Cl)cc32)cc1)Cn1ccnn1. The molecule has 0 amide bonds. The van der Waals surface area contributed by atoms with Crippen molar-refractivity contribution in [3.63, 3.8) is 0 Å². The second-order valence-corrected chi connectivity index (χ2v) is 35.2. The molecule has 8 atom stereocenters. The van der Waals surface area contributed by atoms with E-state index in [0.717, 1.165) is 163 Å². The number of piperazine rings is 1. The molecule has 5 aliphatic rings. The number of aromatic nitrogens is 9. The molecule has 21 nitrogen and oxygen atoms in total. The molecule has 6 aromatic heterocycles. The molecule has 8 N–H and O–H groups in total. The Balaban J connectivity index is 0.000000121. The highest BCUT2D eigenvalue weighted by molar-refractivity contribution is 6.32. The highest BCUT2D eigenvalue weighted by Crippen LogP contribution is 2.46. The lowest BCUT2D eigenvalue weighted by Gasteiger charge is -2.33. The summed E-state index contributed by atoms with van der Waals surface area (Å²) in [5.41, 5.74) is 20.6. The van der Waals surface area contributed by atoms with E-state index in [-0.39, 0.29) is 19.8 Å². The van der Waals surface area contributed by atoms with E-state index >= 15 is 0 Å². The Hall–Kier alpha value is -9.69. The summed E-state index contributed by atoms with van der Waals surface area (Å²) in [5, 5.41) is 56.6. The number of imidazole rings is 1. The molecular formula is C98H110Cl4N12O9. The Labute approximate surface area is 738 Å². The average Bonchev–Trinajstić information content (AvgIpc) is 1.67. The summed E-state index contributed by atoms with van der Waals surface area (Å²) < 4.78 is 31.7. The van der Waals surface area contributed by atoms with E-state index in [9.17, 15) is 20.4 Å².